The van der Waals surface area contributed by atoms with Crippen molar-refractivity contribution in [2.24, 2.45) is 0 Å². The minimum Gasteiger partial charge on any atom is -0.338 e. The summed E-state index contributed by atoms with van der Waals surface area (Å²) in [7, 11) is 0. The number of rotatable bonds is 1. The number of piperidine rings is 1. The lowest BCUT2D eigenvalue weighted by Gasteiger charge is -2.30. The molecule has 0 saturated carbocycles. The van der Waals surface area contributed by atoms with Crippen LogP contribution < -0.4 is 0 Å². The van der Waals surface area contributed by atoms with E-state index in [4.69, 9.17) is 0 Å². The smallest absolute Gasteiger partial charge is 0.253 e. The lowest BCUT2D eigenvalue weighted by molar-refractivity contribution is 0.0730. The fourth-order valence-electron chi connectivity index (χ4n) is 1.88. The van der Waals surface area contributed by atoms with Gasteiger partial charge in [-0.2, -0.15) is 0 Å². The second-order valence-electron chi connectivity index (χ2n) is 4.00. The van der Waals surface area contributed by atoms with E-state index in [0.717, 1.165) is 36.0 Å². The third kappa shape index (κ3) is 2.86. The number of hydrogen-bond acceptors (Lipinski definition) is 1. The maximum atomic E-state index is 12.1. The minimum atomic E-state index is 0.136. The molecule has 1 heterocycles. The molecule has 0 aliphatic carbocycles. The van der Waals surface area contributed by atoms with Gasteiger partial charge in [0, 0.05) is 28.0 Å². The number of likely N-dealkylation sites (tertiary alicyclic amines) is 1. The number of alkyl halides is 1. The van der Waals surface area contributed by atoms with Crippen molar-refractivity contribution in [1.29, 1.82) is 0 Å². The summed E-state index contributed by atoms with van der Waals surface area (Å²) in [6, 6.07) is 7.54. The fourth-order valence-corrected chi connectivity index (χ4v) is 2.82. The second kappa shape index (κ2) is 5.32. The minimum absolute atomic E-state index is 0.136. The topological polar surface area (TPSA) is 20.3 Å². The van der Waals surface area contributed by atoms with Crippen molar-refractivity contribution in [3.63, 3.8) is 0 Å². The largest absolute Gasteiger partial charge is 0.338 e. The Morgan fingerprint density at radius 1 is 1.31 bits per heavy atom. The summed E-state index contributed by atoms with van der Waals surface area (Å²) in [5.41, 5.74) is 0.768. The van der Waals surface area contributed by atoms with E-state index < -0.39 is 0 Å². The maximum Gasteiger partial charge on any atom is 0.253 e. The third-order valence-corrected chi connectivity index (χ3v) is 4.02. The van der Waals surface area contributed by atoms with Crippen LogP contribution in [0.5, 0.6) is 0 Å². The molecule has 1 unspecified atom stereocenters. The van der Waals surface area contributed by atoms with Crippen molar-refractivity contribution < 1.29 is 4.79 Å². The molecule has 86 valence electrons. The Balaban J connectivity index is 2.09. The van der Waals surface area contributed by atoms with Crippen molar-refractivity contribution in [3.05, 3.63) is 34.3 Å². The van der Waals surface area contributed by atoms with E-state index in [-0.39, 0.29) is 5.91 Å². The van der Waals surface area contributed by atoms with Gasteiger partial charge in [-0.05, 0) is 37.1 Å². The summed E-state index contributed by atoms with van der Waals surface area (Å²) in [5.74, 6) is 0.136. The van der Waals surface area contributed by atoms with Gasteiger partial charge in [0.2, 0.25) is 0 Å². The summed E-state index contributed by atoms with van der Waals surface area (Å²) in [6.07, 6.45) is 2.24. The Morgan fingerprint density at radius 3 is 2.62 bits per heavy atom. The van der Waals surface area contributed by atoms with E-state index >= 15 is 0 Å². The Kier molecular flexibility index (Phi) is 4.03. The van der Waals surface area contributed by atoms with Gasteiger partial charge in [-0.1, -0.05) is 31.9 Å². The molecule has 1 aromatic rings. The molecule has 0 aromatic heterocycles. The van der Waals surface area contributed by atoms with Gasteiger partial charge in [-0.3, -0.25) is 4.79 Å². The zero-order chi connectivity index (χ0) is 11.5. The van der Waals surface area contributed by atoms with Crippen molar-refractivity contribution in [3.8, 4) is 0 Å². The molecular formula is C12H13Br2NO. The highest BCUT2D eigenvalue weighted by molar-refractivity contribution is 9.10. The molecule has 0 spiro atoms. The number of hydrogen-bond donors (Lipinski definition) is 0. The van der Waals surface area contributed by atoms with Gasteiger partial charge in [-0.25, -0.2) is 0 Å². The predicted octanol–water partition coefficient (Wildman–Crippen LogP) is 3.45. The van der Waals surface area contributed by atoms with Crippen molar-refractivity contribution >= 4 is 37.8 Å². The Labute approximate surface area is 112 Å². The first kappa shape index (κ1) is 12.1. The Bertz CT molecular complexity index is 377. The normalized spacial score (nSPS) is 20.9. The maximum absolute atomic E-state index is 12.1. The molecule has 1 aliphatic heterocycles. The monoisotopic (exact) mass is 345 g/mol. The summed E-state index contributed by atoms with van der Waals surface area (Å²) in [4.78, 5) is 14.5. The highest BCUT2D eigenvalue weighted by Gasteiger charge is 2.22. The zero-order valence-corrected chi connectivity index (χ0v) is 12.0. The van der Waals surface area contributed by atoms with Gasteiger partial charge in [0.1, 0.15) is 0 Å². The fraction of sp³-hybridized carbons (Fsp3) is 0.417. The van der Waals surface area contributed by atoms with Crippen LogP contribution in [0.25, 0.3) is 0 Å². The lowest BCUT2D eigenvalue weighted by Crippen LogP contribution is -2.40. The molecule has 1 saturated heterocycles. The summed E-state index contributed by atoms with van der Waals surface area (Å²) in [5, 5.41) is 0. The van der Waals surface area contributed by atoms with Crippen molar-refractivity contribution in [1.82, 2.24) is 4.90 Å². The molecule has 1 atom stereocenters. The van der Waals surface area contributed by atoms with Gasteiger partial charge in [0.15, 0.2) is 0 Å². The van der Waals surface area contributed by atoms with Crippen LogP contribution in [0.3, 0.4) is 0 Å². The highest BCUT2D eigenvalue weighted by atomic mass is 79.9. The van der Waals surface area contributed by atoms with Gasteiger partial charge in [0.05, 0.1) is 0 Å². The van der Waals surface area contributed by atoms with Crippen LogP contribution in [-0.2, 0) is 0 Å². The number of nitrogens with zero attached hydrogens (tertiary/aromatic N) is 1. The highest BCUT2D eigenvalue weighted by Crippen LogP contribution is 2.19. The van der Waals surface area contributed by atoms with Crippen molar-refractivity contribution in [2.45, 2.75) is 17.7 Å². The molecule has 4 heteroatoms. The summed E-state index contributed by atoms with van der Waals surface area (Å²) < 4.78 is 1.00. The standard InChI is InChI=1S/C12H13Br2NO/c13-10-5-3-9(4-6-10)12(16)15-7-1-2-11(14)8-15/h3-6,11H,1-2,7-8H2. The first-order chi connectivity index (χ1) is 7.66. The Hall–Kier alpha value is -0.350. The lowest BCUT2D eigenvalue weighted by atomic mass is 10.1. The van der Waals surface area contributed by atoms with Gasteiger partial charge < -0.3 is 4.90 Å². The molecule has 1 aromatic carbocycles. The molecule has 16 heavy (non-hydrogen) atoms. The summed E-state index contributed by atoms with van der Waals surface area (Å²) >= 11 is 6.95. The van der Waals surface area contributed by atoms with Gasteiger partial charge >= 0.3 is 0 Å². The molecular weight excluding hydrogens is 334 g/mol. The average molecular weight is 347 g/mol. The average Bonchev–Trinajstić information content (AvgIpc) is 2.29. The van der Waals surface area contributed by atoms with Crippen LogP contribution in [0.15, 0.2) is 28.7 Å². The number of benzene rings is 1. The van der Waals surface area contributed by atoms with E-state index in [0.29, 0.717) is 4.83 Å². The molecule has 0 bridgehead atoms. The van der Waals surface area contributed by atoms with E-state index in [9.17, 15) is 4.79 Å². The first-order valence-corrected chi connectivity index (χ1v) is 7.06. The molecule has 0 N–H and O–H groups in total. The number of carbonyl (C=O) groups excluding carboxylic acids is 1. The molecule has 1 aliphatic rings. The number of amides is 1. The Morgan fingerprint density at radius 2 is 2.00 bits per heavy atom. The van der Waals surface area contributed by atoms with E-state index in [1.807, 2.05) is 29.2 Å². The van der Waals surface area contributed by atoms with Crippen molar-refractivity contribution in [2.75, 3.05) is 13.1 Å². The van der Waals surface area contributed by atoms with Gasteiger partial charge in [-0.15, -0.1) is 0 Å². The molecule has 1 amide bonds. The van der Waals surface area contributed by atoms with Crippen LogP contribution in [0.1, 0.15) is 23.2 Å². The second-order valence-corrected chi connectivity index (χ2v) is 6.21. The SMILES string of the molecule is O=C(c1ccc(Br)cc1)N1CCCC(Br)C1. The summed E-state index contributed by atoms with van der Waals surface area (Å²) in [6.45, 7) is 1.69. The number of carbonyl (C=O) groups is 1. The molecule has 0 radical (unpaired) electrons. The third-order valence-electron chi connectivity index (χ3n) is 2.74. The van der Waals surface area contributed by atoms with Crippen LogP contribution in [-0.4, -0.2) is 28.7 Å². The van der Waals surface area contributed by atoms with E-state index in [2.05, 4.69) is 31.9 Å². The van der Waals surface area contributed by atoms with Crippen LogP contribution in [0, 0.1) is 0 Å². The van der Waals surface area contributed by atoms with E-state index in [1.54, 1.807) is 0 Å². The zero-order valence-electron chi connectivity index (χ0n) is 8.83. The molecule has 1 fully saturated rings. The molecule has 2 rings (SSSR count). The van der Waals surface area contributed by atoms with Crippen LogP contribution in [0.2, 0.25) is 0 Å². The quantitative estimate of drug-likeness (QED) is 0.713. The first-order valence-electron chi connectivity index (χ1n) is 5.36. The van der Waals surface area contributed by atoms with Crippen LogP contribution >= 0.6 is 31.9 Å². The number of halogens is 2. The predicted molar refractivity (Wildman–Crippen MR) is 72.0 cm³/mol. The van der Waals surface area contributed by atoms with E-state index in [1.165, 1.54) is 0 Å². The van der Waals surface area contributed by atoms with Crippen LogP contribution in [0.4, 0.5) is 0 Å². The van der Waals surface area contributed by atoms with Gasteiger partial charge in [0.25, 0.3) is 5.91 Å². The molecule has 2 nitrogen and oxygen atoms in total.